The van der Waals surface area contributed by atoms with Crippen LogP contribution in [0.3, 0.4) is 0 Å². The molecule has 0 unspecified atom stereocenters. The number of fused-ring (bicyclic) bond motifs is 1. The Hall–Kier alpha value is -1.48. The molecule has 0 atom stereocenters. The van der Waals surface area contributed by atoms with Gasteiger partial charge in [0.05, 0.1) is 6.33 Å². The first-order valence-electron chi connectivity index (χ1n) is 5.29. The molecule has 0 saturated heterocycles. The summed E-state index contributed by atoms with van der Waals surface area (Å²) in [5.74, 6) is 1.08. The molecule has 2 nitrogen and oxygen atoms in total. The van der Waals surface area contributed by atoms with Gasteiger partial charge < -0.3 is 4.57 Å². The molecule has 16 heavy (non-hydrogen) atoms. The first-order valence-corrected chi connectivity index (χ1v) is 6.28. The lowest BCUT2D eigenvalue weighted by molar-refractivity contribution is 1.04. The molecular weight excluding hydrogens is 216 g/mol. The molecule has 80 valence electrons. The van der Waals surface area contributed by atoms with E-state index in [4.69, 9.17) is 0 Å². The second kappa shape index (κ2) is 4.18. The van der Waals surface area contributed by atoms with E-state index in [1.807, 2.05) is 28.9 Å². The number of hydrogen-bond acceptors (Lipinski definition) is 2. The van der Waals surface area contributed by atoms with Gasteiger partial charge in [-0.25, -0.2) is 4.98 Å². The van der Waals surface area contributed by atoms with Crippen molar-refractivity contribution < 1.29 is 0 Å². The van der Waals surface area contributed by atoms with Crippen LogP contribution in [0.5, 0.6) is 0 Å². The zero-order chi connectivity index (χ0) is 10.8. The largest absolute Gasteiger partial charge is 0.313 e. The van der Waals surface area contributed by atoms with Crippen LogP contribution < -0.4 is 0 Å². The van der Waals surface area contributed by atoms with E-state index in [0.717, 1.165) is 12.2 Å². The molecule has 0 N–H and O–H groups in total. The fraction of sp³-hybridized carbons (Fsp3) is 0.154. The van der Waals surface area contributed by atoms with Crippen LogP contribution in [0.25, 0.3) is 6.20 Å². The molecule has 1 aliphatic heterocycles. The minimum atomic E-state index is 1.06. The Kier molecular flexibility index (Phi) is 2.54. The summed E-state index contributed by atoms with van der Waals surface area (Å²) in [6.45, 7) is 0. The van der Waals surface area contributed by atoms with Crippen molar-refractivity contribution in [2.45, 2.75) is 11.3 Å². The van der Waals surface area contributed by atoms with E-state index in [9.17, 15) is 0 Å². The van der Waals surface area contributed by atoms with Crippen LogP contribution in [0.15, 0.2) is 53.5 Å². The number of nitrogens with zero attached hydrogens (tertiary/aromatic N) is 2. The van der Waals surface area contributed by atoms with Gasteiger partial charge in [-0.2, -0.15) is 0 Å². The average Bonchev–Trinajstić information content (AvgIpc) is 2.82. The van der Waals surface area contributed by atoms with Crippen LogP contribution in [-0.2, 0) is 6.42 Å². The summed E-state index contributed by atoms with van der Waals surface area (Å²) in [5, 5.41) is 0. The van der Waals surface area contributed by atoms with Gasteiger partial charge in [-0.05, 0) is 23.6 Å². The summed E-state index contributed by atoms with van der Waals surface area (Å²) in [6.07, 6.45) is 8.84. The van der Waals surface area contributed by atoms with Crippen molar-refractivity contribution in [1.29, 1.82) is 0 Å². The molecule has 1 aromatic carbocycles. The summed E-state index contributed by atoms with van der Waals surface area (Å²) in [6, 6.07) is 8.63. The van der Waals surface area contributed by atoms with Crippen molar-refractivity contribution in [3.8, 4) is 0 Å². The Morgan fingerprint density at radius 3 is 3.12 bits per heavy atom. The topological polar surface area (TPSA) is 17.8 Å². The third-order valence-corrected chi connectivity index (χ3v) is 3.88. The Morgan fingerprint density at radius 2 is 2.25 bits per heavy atom. The standard InChI is InChI=1S/C13H12N2S/c1-2-4-13-12(3-1)7-11(9-16-13)8-15-6-5-14-10-15/h1-6,8,10H,7,9H2. The van der Waals surface area contributed by atoms with Crippen LogP contribution in [0.1, 0.15) is 5.56 Å². The van der Waals surface area contributed by atoms with Crippen molar-refractivity contribution in [3.63, 3.8) is 0 Å². The smallest absolute Gasteiger partial charge is 0.0986 e. The minimum Gasteiger partial charge on any atom is -0.313 e. The predicted octanol–water partition coefficient (Wildman–Crippen LogP) is 3.07. The highest BCUT2D eigenvalue weighted by Crippen LogP contribution is 2.32. The summed E-state index contributed by atoms with van der Waals surface area (Å²) >= 11 is 1.92. The molecule has 1 aliphatic rings. The molecule has 3 rings (SSSR count). The van der Waals surface area contributed by atoms with Gasteiger partial charge in [-0.15, -0.1) is 11.8 Å². The molecule has 0 aliphatic carbocycles. The molecule has 0 fully saturated rings. The van der Waals surface area contributed by atoms with Gasteiger partial charge in [0.25, 0.3) is 0 Å². The normalized spacial score (nSPS) is 17.4. The lowest BCUT2D eigenvalue weighted by Crippen LogP contribution is -2.03. The van der Waals surface area contributed by atoms with Crippen molar-refractivity contribution >= 4 is 18.0 Å². The number of thioether (sulfide) groups is 1. The molecule has 0 bridgehead atoms. The van der Waals surface area contributed by atoms with Gasteiger partial charge in [0.2, 0.25) is 0 Å². The molecule has 0 amide bonds. The molecule has 0 spiro atoms. The molecule has 0 radical (unpaired) electrons. The number of rotatable bonds is 1. The fourth-order valence-corrected chi connectivity index (χ4v) is 2.91. The van der Waals surface area contributed by atoms with E-state index < -0.39 is 0 Å². The molecule has 1 aromatic heterocycles. The van der Waals surface area contributed by atoms with E-state index in [1.54, 1.807) is 6.20 Å². The van der Waals surface area contributed by atoms with Crippen LogP contribution in [0, 0.1) is 0 Å². The third kappa shape index (κ3) is 1.91. The highest BCUT2D eigenvalue weighted by molar-refractivity contribution is 7.99. The van der Waals surface area contributed by atoms with E-state index >= 15 is 0 Å². The first-order chi connectivity index (χ1) is 7.92. The Labute approximate surface area is 99.0 Å². The van der Waals surface area contributed by atoms with E-state index in [1.165, 1.54) is 16.0 Å². The van der Waals surface area contributed by atoms with E-state index in [-0.39, 0.29) is 0 Å². The quantitative estimate of drug-likeness (QED) is 0.746. The van der Waals surface area contributed by atoms with Gasteiger partial charge in [-0.3, -0.25) is 0 Å². The van der Waals surface area contributed by atoms with Crippen LogP contribution in [0.2, 0.25) is 0 Å². The zero-order valence-electron chi connectivity index (χ0n) is 8.84. The van der Waals surface area contributed by atoms with Crippen LogP contribution in [0.4, 0.5) is 0 Å². The van der Waals surface area contributed by atoms with E-state index in [0.29, 0.717) is 0 Å². The summed E-state index contributed by atoms with van der Waals surface area (Å²) in [4.78, 5) is 5.47. The van der Waals surface area contributed by atoms with Gasteiger partial charge in [0.15, 0.2) is 0 Å². The summed E-state index contributed by atoms with van der Waals surface area (Å²) in [5.41, 5.74) is 2.88. The van der Waals surface area contributed by atoms with Gasteiger partial charge >= 0.3 is 0 Å². The number of imidazole rings is 1. The Morgan fingerprint density at radius 1 is 1.31 bits per heavy atom. The highest BCUT2D eigenvalue weighted by atomic mass is 32.2. The number of aromatic nitrogens is 2. The molecule has 3 heteroatoms. The summed E-state index contributed by atoms with van der Waals surface area (Å²) in [7, 11) is 0. The maximum absolute atomic E-state index is 4.04. The zero-order valence-corrected chi connectivity index (χ0v) is 9.65. The van der Waals surface area contributed by atoms with Crippen molar-refractivity contribution in [2.24, 2.45) is 0 Å². The van der Waals surface area contributed by atoms with Gasteiger partial charge in [0, 0.05) is 29.2 Å². The van der Waals surface area contributed by atoms with Crippen LogP contribution >= 0.6 is 11.8 Å². The van der Waals surface area contributed by atoms with Gasteiger partial charge in [-0.1, -0.05) is 18.2 Å². The maximum Gasteiger partial charge on any atom is 0.0986 e. The maximum atomic E-state index is 4.04. The monoisotopic (exact) mass is 228 g/mol. The highest BCUT2D eigenvalue weighted by Gasteiger charge is 2.12. The Bertz CT molecular complexity index is 514. The van der Waals surface area contributed by atoms with Crippen molar-refractivity contribution in [1.82, 2.24) is 9.55 Å². The molecule has 0 saturated carbocycles. The number of hydrogen-bond donors (Lipinski definition) is 0. The summed E-state index contributed by atoms with van der Waals surface area (Å²) < 4.78 is 2.02. The SMILES string of the molecule is C(=C1CSc2ccccc2C1)n1ccnc1. The molecule has 2 heterocycles. The second-order valence-electron chi connectivity index (χ2n) is 3.87. The van der Waals surface area contributed by atoms with Crippen molar-refractivity contribution in [2.75, 3.05) is 5.75 Å². The van der Waals surface area contributed by atoms with Crippen LogP contribution in [-0.4, -0.2) is 15.3 Å². The Balaban J connectivity index is 1.88. The minimum absolute atomic E-state index is 1.06. The van der Waals surface area contributed by atoms with Gasteiger partial charge in [0.1, 0.15) is 0 Å². The average molecular weight is 228 g/mol. The third-order valence-electron chi connectivity index (χ3n) is 2.66. The first kappa shape index (κ1) is 9.73. The second-order valence-corrected chi connectivity index (χ2v) is 4.89. The fourth-order valence-electron chi connectivity index (χ4n) is 1.90. The number of benzene rings is 1. The molecular formula is C13H12N2S. The lowest BCUT2D eigenvalue weighted by atomic mass is 10.1. The molecule has 2 aromatic rings. The van der Waals surface area contributed by atoms with Crippen molar-refractivity contribution in [3.05, 3.63) is 54.1 Å². The predicted molar refractivity (Wildman–Crippen MR) is 67.4 cm³/mol. The van der Waals surface area contributed by atoms with E-state index in [2.05, 4.69) is 35.4 Å². The lowest BCUT2D eigenvalue weighted by Gasteiger charge is -2.17.